The summed E-state index contributed by atoms with van der Waals surface area (Å²) in [5.41, 5.74) is 0.0901. The number of hydrogen-bond acceptors (Lipinski definition) is 4. The minimum absolute atomic E-state index is 0.0167. The number of alkyl halides is 7. The third-order valence-corrected chi connectivity index (χ3v) is 5.86. The van der Waals surface area contributed by atoms with Gasteiger partial charge in [0.15, 0.2) is 5.82 Å². The van der Waals surface area contributed by atoms with Crippen molar-refractivity contribution in [3.05, 3.63) is 42.2 Å². The maximum absolute atomic E-state index is 13.7. The molecule has 0 saturated carbocycles. The molecule has 0 atom stereocenters. The lowest BCUT2D eigenvalue weighted by molar-refractivity contribution is -0.287. The fourth-order valence-electron chi connectivity index (χ4n) is 3.25. The van der Waals surface area contributed by atoms with Crippen molar-refractivity contribution in [1.82, 2.24) is 24.5 Å². The highest BCUT2D eigenvalue weighted by molar-refractivity contribution is 7.99. The molecule has 4 rings (SSSR count). The second-order valence-electron chi connectivity index (χ2n) is 7.38. The number of hydrogen-bond donors (Lipinski definition) is 0. The zero-order valence-electron chi connectivity index (χ0n) is 17.2. The van der Waals surface area contributed by atoms with Gasteiger partial charge >= 0.3 is 12.1 Å². The second kappa shape index (κ2) is 7.89. The molecular formula is C20H16F7N5S. The Bertz CT molecular complexity index is 1320. The van der Waals surface area contributed by atoms with Gasteiger partial charge < -0.3 is 0 Å². The molecule has 0 spiro atoms. The Morgan fingerprint density at radius 1 is 1.00 bits per heavy atom. The van der Waals surface area contributed by atoms with Gasteiger partial charge in [-0.1, -0.05) is 13.0 Å². The molecule has 33 heavy (non-hydrogen) atoms. The summed E-state index contributed by atoms with van der Waals surface area (Å²) in [5.74, 6) is -7.14. The van der Waals surface area contributed by atoms with E-state index in [-0.39, 0.29) is 22.3 Å². The number of thioether (sulfide) groups is 1. The van der Waals surface area contributed by atoms with Gasteiger partial charge in [-0.3, -0.25) is 4.68 Å². The van der Waals surface area contributed by atoms with E-state index in [9.17, 15) is 30.7 Å². The van der Waals surface area contributed by atoms with Crippen LogP contribution in [0.25, 0.3) is 27.6 Å². The van der Waals surface area contributed by atoms with Crippen molar-refractivity contribution in [1.29, 1.82) is 0 Å². The fraction of sp³-hybridized carbons (Fsp3) is 0.350. The summed E-state index contributed by atoms with van der Waals surface area (Å²) in [6.45, 7) is 0.990. The van der Waals surface area contributed by atoms with Gasteiger partial charge in [-0.15, -0.1) is 11.8 Å². The Balaban J connectivity index is 1.78. The highest BCUT2D eigenvalue weighted by Crippen LogP contribution is 2.38. The molecule has 4 aromatic rings. The van der Waals surface area contributed by atoms with Crippen LogP contribution in [0.1, 0.15) is 19.4 Å². The Morgan fingerprint density at radius 2 is 1.73 bits per heavy atom. The number of benzene rings is 1. The quantitative estimate of drug-likeness (QED) is 0.238. The van der Waals surface area contributed by atoms with E-state index in [0.717, 1.165) is 19.3 Å². The van der Waals surface area contributed by atoms with Crippen molar-refractivity contribution in [2.75, 3.05) is 5.75 Å². The lowest BCUT2D eigenvalue weighted by Gasteiger charge is -2.19. The van der Waals surface area contributed by atoms with E-state index in [1.165, 1.54) is 34.6 Å². The molecule has 0 unspecified atom stereocenters. The first-order valence-corrected chi connectivity index (χ1v) is 10.6. The molecule has 0 amide bonds. The summed E-state index contributed by atoms with van der Waals surface area (Å²) in [7, 11) is 0. The van der Waals surface area contributed by atoms with E-state index < -0.39 is 24.6 Å². The Hall–Kier alpha value is -2.83. The minimum atomic E-state index is -5.71. The molecular weight excluding hydrogens is 475 g/mol. The van der Waals surface area contributed by atoms with Gasteiger partial charge in [0.2, 0.25) is 0 Å². The lowest BCUT2D eigenvalue weighted by Crippen LogP contribution is -2.40. The summed E-state index contributed by atoms with van der Waals surface area (Å²) in [6.07, 6.45) is -3.44. The van der Waals surface area contributed by atoms with Crippen LogP contribution in [-0.4, -0.2) is 42.4 Å². The normalized spacial score (nSPS) is 13.4. The maximum atomic E-state index is 13.7. The molecule has 5 nitrogen and oxygen atoms in total. The standard InChI is InChI=1S/C20H16F7N5S/c1-3-33-17-13-5-4-12(18(2,21)22)7-14(13)30-32(17)16-6-11-8-29-31(15(11)9-28-16)10-19(23,24)20(25,26)27/h4-9H,3,10H2,1-2H3. The van der Waals surface area contributed by atoms with E-state index in [0.29, 0.717) is 26.4 Å². The first-order chi connectivity index (χ1) is 15.3. The molecule has 0 aliphatic carbocycles. The molecule has 176 valence electrons. The van der Waals surface area contributed by atoms with Crippen LogP contribution in [0, 0.1) is 0 Å². The number of halogens is 7. The van der Waals surface area contributed by atoms with Crippen molar-refractivity contribution in [2.24, 2.45) is 0 Å². The minimum Gasteiger partial charge on any atom is -0.257 e. The monoisotopic (exact) mass is 491 g/mol. The number of nitrogens with zero attached hydrogens (tertiary/aromatic N) is 5. The van der Waals surface area contributed by atoms with Gasteiger partial charge in [-0.25, -0.2) is 18.4 Å². The van der Waals surface area contributed by atoms with Crippen molar-refractivity contribution >= 4 is 33.6 Å². The average Bonchev–Trinajstić information content (AvgIpc) is 3.27. The van der Waals surface area contributed by atoms with Crippen molar-refractivity contribution in [3.8, 4) is 5.82 Å². The van der Waals surface area contributed by atoms with Crippen LogP contribution >= 0.6 is 11.8 Å². The van der Waals surface area contributed by atoms with Crippen LogP contribution in [0.5, 0.6) is 0 Å². The summed E-state index contributed by atoms with van der Waals surface area (Å²) in [5, 5.41) is 9.55. The second-order valence-corrected chi connectivity index (χ2v) is 8.63. The molecule has 0 bridgehead atoms. The van der Waals surface area contributed by atoms with Crippen LogP contribution in [-0.2, 0) is 12.5 Å². The van der Waals surface area contributed by atoms with Crippen LogP contribution in [0.4, 0.5) is 30.7 Å². The highest BCUT2D eigenvalue weighted by atomic mass is 32.2. The predicted octanol–water partition coefficient (Wildman–Crippen LogP) is 6.19. The molecule has 0 N–H and O–H groups in total. The van der Waals surface area contributed by atoms with Crippen molar-refractivity contribution in [2.45, 2.75) is 43.4 Å². The van der Waals surface area contributed by atoms with Gasteiger partial charge in [0.05, 0.1) is 23.4 Å². The number of pyridine rings is 1. The summed E-state index contributed by atoms with van der Waals surface area (Å²) in [4.78, 5) is 4.16. The van der Waals surface area contributed by atoms with Crippen LogP contribution in [0.15, 0.2) is 41.7 Å². The fourth-order valence-corrected chi connectivity index (χ4v) is 4.11. The van der Waals surface area contributed by atoms with Gasteiger partial charge in [-0.2, -0.15) is 32.1 Å². The van der Waals surface area contributed by atoms with E-state index >= 15 is 0 Å². The Labute approximate surface area is 186 Å². The maximum Gasteiger partial charge on any atom is 0.455 e. The highest BCUT2D eigenvalue weighted by Gasteiger charge is 2.57. The molecule has 3 heterocycles. The first-order valence-electron chi connectivity index (χ1n) is 9.62. The predicted molar refractivity (Wildman–Crippen MR) is 109 cm³/mol. The average molecular weight is 491 g/mol. The number of rotatable bonds is 6. The molecule has 13 heteroatoms. The molecule has 0 aliphatic rings. The zero-order chi connectivity index (χ0) is 24.2. The number of fused-ring (bicyclic) bond motifs is 2. The molecule has 0 fully saturated rings. The zero-order valence-corrected chi connectivity index (χ0v) is 18.0. The van der Waals surface area contributed by atoms with Crippen LogP contribution < -0.4 is 0 Å². The van der Waals surface area contributed by atoms with Crippen molar-refractivity contribution < 1.29 is 30.7 Å². The summed E-state index contributed by atoms with van der Waals surface area (Å²) in [6, 6.07) is 5.57. The number of aromatic nitrogens is 5. The lowest BCUT2D eigenvalue weighted by atomic mass is 10.1. The third-order valence-electron chi connectivity index (χ3n) is 4.91. The smallest absolute Gasteiger partial charge is 0.257 e. The summed E-state index contributed by atoms with van der Waals surface area (Å²) >= 11 is 1.40. The molecule has 0 aliphatic heterocycles. The van der Waals surface area contributed by atoms with Crippen molar-refractivity contribution in [3.63, 3.8) is 0 Å². The molecule has 0 radical (unpaired) electrons. The van der Waals surface area contributed by atoms with E-state index in [1.54, 1.807) is 6.07 Å². The SMILES string of the molecule is CCSc1c2ccc(C(C)(F)F)cc2nn1-c1cc2cnn(CC(F)(F)C(F)(F)F)c2cn1. The van der Waals surface area contributed by atoms with E-state index in [1.807, 2.05) is 6.92 Å². The topological polar surface area (TPSA) is 48.5 Å². The molecule has 0 saturated heterocycles. The van der Waals surface area contributed by atoms with Gasteiger partial charge in [-0.05, 0) is 24.0 Å². The van der Waals surface area contributed by atoms with Crippen LogP contribution in [0.3, 0.4) is 0 Å². The Kier molecular flexibility index (Phi) is 5.58. The molecule has 1 aromatic carbocycles. The van der Waals surface area contributed by atoms with E-state index in [4.69, 9.17) is 0 Å². The summed E-state index contributed by atoms with van der Waals surface area (Å²) < 4.78 is 94.1. The molecule has 3 aromatic heterocycles. The largest absolute Gasteiger partial charge is 0.455 e. The van der Waals surface area contributed by atoms with Crippen LogP contribution in [0.2, 0.25) is 0 Å². The van der Waals surface area contributed by atoms with Gasteiger partial charge in [0, 0.05) is 23.3 Å². The first kappa shape index (κ1) is 23.3. The van der Waals surface area contributed by atoms with Gasteiger partial charge in [0.1, 0.15) is 11.6 Å². The van der Waals surface area contributed by atoms with E-state index in [2.05, 4.69) is 15.2 Å². The Morgan fingerprint density at radius 3 is 2.36 bits per heavy atom. The third kappa shape index (κ3) is 4.25. The van der Waals surface area contributed by atoms with Gasteiger partial charge in [0.25, 0.3) is 5.92 Å².